The van der Waals surface area contributed by atoms with Gasteiger partial charge in [-0.15, -0.1) is 0 Å². The van der Waals surface area contributed by atoms with Crippen molar-refractivity contribution >= 4 is 27.3 Å². The van der Waals surface area contributed by atoms with Crippen LogP contribution in [0.3, 0.4) is 0 Å². The highest BCUT2D eigenvalue weighted by atomic mass is 79.9. The lowest BCUT2D eigenvalue weighted by Gasteiger charge is -2.10. The van der Waals surface area contributed by atoms with Gasteiger partial charge in [0.25, 0.3) is 5.69 Å². The molecule has 0 saturated carbocycles. The molecule has 7 heteroatoms. The van der Waals surface area contributed by atoms with Gasteiger partial charge >= 0.3 is 0 Å². The number of nitro groups is 1. The number of aliphatic hydroxyl groups excluding tert-OH is 1. The summed E-state index contributed by atoms with van der Waals surface area (Å²) in [5.74, 6) is -0.352. The molecule has 2 N–H and O–H groups in total. The third-order valence-electron chi connectivity index (χ3n) is 2.74. The lowest BCUT2D eigenvalue weighted by atomic mass is 10.1. The van der Waals surface area contributed by atoms with Crippen molar-refractivity contribution in [2.75, 3.05) is 18.5 Å². The van der Waals surface area contributed by atoms with Crippen LogP contribution < -0.4 is 5.32 Å². The predicted octanol–water partition coefficient (Wildman–Crippen LogP) is 3.32. The van der Waals surface area contributed by atoms with Gasteiger partial charge in [0.15, 0.2) is 0 Å². The molecule has 0 fully saturated rings. The van der Waals surface area contributed by atoms with Gasteiger partial charge in [-0.25, -0.2) is 4.39 Å². The molecule has 0 radical (unpaired) electrons. The Morgan fingerprint density at radius 2 is 2.26 bits per heavy atom. The fourth-order valence-electron chi connectivity index (χ4n) is 1.59. The monoisotopic (exact) mass is 334 g/mol. The van der Waals surface area contributed by atoms with Crippen LogP contribution in [0.2, 0.25) is 0 Å². The van der Waals surface area contributed by atoms with E-state index in [2.05, 4.69) is 21.2 Å². The second kappa shape index (κ2) is 7.40. The van der Waals surface area contributed by atoms with Gasteiger partial charge in [-0.05, 0) is 34.7 Å². The second-order valence-corrected chi connectivity index (χ2v) is 5.25. The van der Waals surface area contributed by atoms with Crippen molar-refractivity contribution in [3.05, 3.63) is 32.5 Å². The van der Waals surface area contributed by atoms with Gasteiger partial charge < -0.3 is 10.4 Å². The normalized spacial score (nSPS) is 12.2. The number of rotatable bonds is 7. The Bertz CT molecular complexity index is 457. The minimum atomic E-state index is -0.553. The summed E-state index contributed by atoms with van der Waals surface area (Å²) in [6.45, 7) is 2.53. The summed E-state index contributed by atoms with van der Waals surface area (Å²) in [4.78, 5) is 10.3. The van der Waals surface area contributed by atoms with Crippen LogP contribution in [0, 0.1) is 21.8 Å². The first-order valence-corrected chi connectivity index (χ1v) is 6.73. The van der Waals surface area contributed by atoms with Crippen molar-refractivity contribution in [3.63, 3.8) is 0 Å². The van der Waals surface area contributed by atoms with Crippen molar-refractivity contribution in [3.8, 4) is 0 Å². The first kappa shape index (κ1) is 15.8. The predicted molar refractivity (Wildman–Crippen MR) is 74.7 cm³/mol. The number of nitrogens with zero attached hydrogens (tertiary/aromatic N) is 1. The van der Waals surface area contributed by atoms with E-state index in [0.29, 0.717) is 6.54 Å². The van der Waals surface area contributed by atoms with E-state index < -0.39 is 10.7 Å². The number of nitro benzene ring substituents is 1. The molecule has 1 rings (SSSR count). The molecule has 1 aromatic carbocycles. The van der Waals surface area contributed by atoms with E-state index in [-0.39, 0.29) is 28.4 Å². The number of halogens is 2. The van der Waals surface area contributed by atoms with Crippen LogP contribution in [-0.2, 0) is 0 Å². The van der Waals surface area contributed by atoms with Crippen LogP contribution in [0.5, 0.6) is 0 Å². The maximum absolute atomic E-state index is 13.4. The Kier molecular flexibility index (Phi) is 6.17. The molecule has 0 aliphatic rings. The first-order valence-electron chi connectivity index (χ1n) is 5.94. The Labute approximate surface area is 119 Å². The summed E-state index contributed by atoms with van der Waals surface area (Å²) in [5.41, 5.74) is 0.00540. The summed E-state index contributed by atoms with van der Waals surface area (Å²) >= 11 is 2.92. The van der Waals surface area contributed by atoms with Gasteiger partial charge in [0.05, 0.1) is 9.40 Å². The number of nitrogens with one attached hydrogen (secondary N) is 1. The van der Waals surface area contributed by atoms with Gasteiger partial charge in [0, 0.05) is 25.3 Å². The van der Waals surface area contributed by atoms with Crippen LogP contribution in [0.4, 0.5) is 15.8 Å². The topological polar surface area (TPSA) is 75.4 Å². The van der Waals surface area contributed by atoms with Crippen LogP contribution in [0.1, 0.15) is 19.8 Å². The highest BCUT2D eigenvalue weighted by molar-refractivity contribution is 9.10. The Hall–Kier alpha value is -1.21. The molecule has 0 aliphatic heterocycles. The molecule has 0 aromatic heterocycles. The van der Waals surface area contributed by atoms with Crippen LogP contribution in [0.25, 0.3) is 0 Å². The van der Waals surface area contributed by atoms with E-state index in [1.165, 1.54) is 0 Å². The lowest BCUT2D eigenvalue weighted by molar-refractivity contribution is -0.384. The quantitative estimate of drug-likeness (QED) is 0.455. The molecule has 0 amide bonds. The Morgan fingerprint density at radius 3 is 2.84 bits per heavy atom. The summed E-state index contributed by atoms with van der Waals surface area (Å²) < 4.78 is 13.4. The van der Waals surface area contributed by atoms with E-state index in [0.717, 1.165) is 25.0 Å². The van der Waals surface area contributed by atoms with Gasteiger partial charge in [0.1, 0.15) is 11.5 Å². The molecule has 1 unspecified atom stereocenters. The van der Waals surface area contributed by atoms with Crippen molar-refractivity contribution in [2.24, 2.45) is 5.92 Å². The number of aliphatic hydroxyl groups is 1. The highest BCUT2D eigenvalue weighted by Crippen LogP contribution is 2.30. The van der Waals surface area contributed by atoms with E-state index in [1.807, 2.05) is 6.92 Å². The number of anilines is 1. The summed E-state index contributed by atoms with van der Waals surface area (Å²) in [6, 6.07) is 2.26. The van der Waals surface area contributed by atoms with Crippen molar-refractivity contribution in [2.45, 2.75) is 19.8 Å². The Balaban J connectivity index is 2.67. The van der Waals surface area contributed by atoms with Crippen molar-refractivity contribution in [1.29, 1.82) is 0 Å². The molecule has 5 nitrogen and oxygen atoms in total. The standard InChI is InChI=1S/C12H16BrFN2O3/c1-8(7-17)3-2-4-15-11-6-10(14)9(13)5-12(11)16(18)19/h5-6,8,15,17H,2-4,7H2,1H3. The molecule has 19 heavy (non-hydrogen) atoms. The Morgan fingerprint density at radius 1 is 1.58 bits per heavy atom. The average molecular weight is 335 g/mol. The molecular weight excluding hydrogens is 319 g/mol. The van der Waals surface area contributed by atoms with Gasteiger partial charge in [0.2, 0.25) is 0 Å². The van der Waals surface area contributed by atoms with E-state index in [1.54, 1.807) is 0 Å². The third kappa shape index (κ3) is 4.76. The number of hydrogen-bond donors (Lipinski definition) is 2. The maximum atomic E-state index is 13.4. The van der Waals surface area contributed by atoms with Crippen molar-refractivity contribution < 1.29 is 14.4 Å². The molecular formula is C12H16BrFN2O3. The minimum Gasteiger partial charge on any atom is -0.396 e. The summed E-state index contributed by atoms with van der Waals surface area (Å²) in [6.07, 6.45) is 1.55. The summed E-state index contributed by atoms with van der Waals surface area (Å²) in [7, 11) is 0. The van der Waals surface area contributed by atoms with Gasteiger partial charge in [-0.1, -0.05) is 6.92 Å². The van der Waals surface area contributed by atoms with E-state index >= 15 is 0 Å². The highest BCUT2D eigenvalue weighted by Gasteiger charge is 2.17. The molecule has 106 valence electrons. The van der Waals surface area contributed by atoms with Gasteiger partial charge in [-0.3, -0.25) is 10.1 Å². The zero-order valence-corrected chi connectivity index (χ0v) is 12.1. The largest absolute Gasteiger partial charge is 0.396 e. The van der Waals surface area contributed by atoms with Crippen LogP contribution in [0.15, 0.2) is 16.6 Å². The summed E-state index contributed by atoms with van der Waals surface area (Å²) in [5, 5.41) is 22.6. The number of benzene rings is 1. The molecule has 0 heterocycles. The molecule has 1 atom stereocenters. The molecule has 0 saturated heterocycles. The zero-order chi connectivity index (χ0) is 14.4. The maximum Gasteiger partial charge on any atom is 0.293 e. The minimum absolute atomic E-state index is 0.0682. The van der Waals surface area contributed by atoms with Crippen LogP contribution >= 0.6 is 15.9 Å². The second-order valence-electron chi connectivity index (χ2n) is 4.40. The third-order valence-corrected chi connectivity index (χ3v) is 3.34. The lowest BCUT2D eigenvalue weighted by Crippen LogP contribution is -2.08. The fourth-order valence-corrected chi connectivity index (χ4v) is 1.93. The smallest absolute Gasteiger partial charge is 0.293 e. The molecule has 0 spiro atoms. The van der Waals surface area contributed by atoms with Crippen molar-refractivity contribution in [1.82, 2.24) is 0 Å². The first-order chi connectivity index (χ1) is 8.95. The fraction of sp³-hybridized carbons (Fsp3) is 0.500. The molecule has 0 bridgehead atoms. The SMILES string of the molecule is CC(CO)CCCNc1cc(F)c(Br)cc1[N+](=O)[O-]. The van der Waals surface area contributed by atoms with Gasteiger partial charge in [-0.2, -0.15) is 0 Å². The average Bonchev–Trinajstić information content (AvgIpc) is 2.37. The number of hydrogen-bond acceptors (Lipinski definition) is 4. The molecule has 0 aliphatic carbocycles. The molecule has 1 aromatic rings. The van der Waals surface area contributed by atoms with Crippen LogP contribution in [-0.4, -0.2) is 23.2 Å². The zero-order valence-electron chi connectivity index (χ0n) is 10.5. The van der Waals surface area contributed by atoms with E-state index in [4.69, 9.17) is 5.11 Å². The van der Waals surface area contributed by atoms with E-state index in [9.17, 15) is 14.5 Å².